The van der Waals surface area contributed by atoms with Crippen LogP contribution in [0.2, 0.25) is 0 Å². The van der Waals surface area contributed by atoms with Gasteiger partial charge < -0.3 is 20.3 Å². The monoisotopic (exact) mass is 289 g/mol. The number of hydrogen-bond donors (Lipinski definition) is 2. The number of amides is 2. The molecule has 2 heterocycles. The summed E-state index contributed by atoms with van der Waals surface area (Å²) < 4.78 is 5.11. The summed E-state index contributed by atoms with van der Waals surface area (Å²) in [5.74, 6) is -0.0316. The molecule has 0 radical (unpaired) electrons. The second-order valence-corrected chi connectivity index (χ2v) is 5.28. The van der Waals surface area contributed by atoms with Crippen molar-refractivity contribution < 1.29 is 14.3 Å². The molecular weight excluding hydrogens is 270 g/mol. The number of carbonyl (C=O) groups is 2. The summed E-state index contributed by atoms with van der Waals surface area (Å²) in [5, 5.41) is 6.06. The Labute approximate surface area is 123 Å². The molecule has 1 aromatic carbocycles. The van der Waals surface area contributed by atoms with Crippen LogP contribution in [0.25, 0.3) is 0 Å². The predicted octanol–water partition coefficient (Wildman–Crippen LogP) is 0.740. The molecule has 0 bridgehead atoms. The third-order valence-corrected chi connectivity index (χ3v) is 3.81. The number of nitrogens with zero attached hydrogens (tertiary/aromatic N) is 1. The van der Waals surface area contributed by atoms with Crippen molar-refractivity contribution in [2.75, 3.05) is 36.5 Å². The fraction of sp³-hybridized carbons (Fsp3) is 0.467. The van der Waals surface area contributed by atoms with Gasteiger partial charge in [-0.25, -0.2) is 0 Å². The second-order valence-electron chi connectivity index (χ2n) is 5.28. The molecule has 2 aliphatic heterocycles. The summed E-state index contributed by atoms with van der Waals surface area (Å²) in [6.45, 7) is 2.15. The van der Waals surface area contributed by atoms with Crippen molar-refractivity contribution in [3.63, 3.8) is 0 Å². The maximum Gasteiger partial charge on any atom is 0.253 e. The fourth-order valence-corrected chi connectivity index (χ4v) is 2.65. The standard InChI is InChI=1S/C15H19N3O3/c19-14-10-21-9-8-18(14)12-5-3-11(4-6-12)17-15(20)13-2-1-7-16-13/h3-6,13,16H,1-2,7-10H2,(H,17,20). The molecule has 1 unspecified atom stereocenters. The Morgan fingerprint density at radius 3 is 2.81 bits per heavy atom. The summed E-state index contributed by atoms with van der Waals surface area (Å²) >= 11 is 0. The van der Waals surface area contributed by atoms with Gasteiger partial charge in [0.15, 0.2) is 0 Å². The summed E-state index contributed by atoms with van der Waals surface area (Å²) in [4.78, 5) is 25.5. The summed E-state index contributed by atoms with van der Waals surface area (Å²) in [6.07, 6.45) is 1.92. The molecule has 112 valence electrons. The highest BCUT2D eigenvalue weighted by Gasteiger charge is 2.22. The highest BCUT2D eigenvalue weighted by Crippen LogP contribution is 2.20. The lowest BCUT2D eigenvalue weighted by Crippen LogP contribution is -2.41. The number of nitrogens with one attached hydrogen (secondary N) is 2. The number of morpholine rings is 1. The van der Waals surface area contributed by atoms with Crippen molar-refractivity contribution in [3.8, 4) is 0 Å². The van der Waals surface area contributed by atoms with E-state index in [4.69, 9.17) is 4.74 Å². The van der Waals surface area contributed by atoms with Crippen molar-refractivity contribution in [1.82, 2.24) is 5.32 Å². The van der Waals surface area contributed by atoms with Gasteiger partial charge in [-0.05, 0) is 43.7 Å². The van der Waals surface area contributed by atoms with Gasteiger partial charge in [0, 0.05) is 17.9 Å². The zero-order valence-electron chi connectivity index (χ0n) is 11.8. The van der Waals surface area contributed by atoms with Gasteiger partial charge >= 0.3 is 0 Å². The van der Waals surface area contributed by atoms with E-state index in [1.807, 2.05) is 24.3 Å². The first-order chi connectivity index (χ1) is 10.2. The molecule has 21 heavy (non-hydrogen) atoms. The van der Waals surface area contributed by atoms with Crippen LogP contribution in [-0.4, -0.2) is 44.2 Å². The Bertz CT molecular complexity index is 523. The molecule has 0 spiro atoms. The molecule has 0 aliphatic carbocycles. The van der Waals surface area contributed by atoms with Gasteiger partial charge in [0.2, 0.25) is 5.91 Å². The van der Waals surface area contributed by atoms with Gasteiger partial charge in [0.25, 0.3) is 5.91 Å². The van der Waals surface area contributed by atoms with E-state index in [2.05, 4.69) is 10.6 Å². The van der Waals surface area contributed by atoms with Crippen molar-refractivity contribution in [2.24, 2.45) is 0 Å². The summed E-state index contributed by atoms with van der Waals surface area (Å²) in [7, 11) is 0. The molecule has 6 nitrogen and oxygen atoms in total. The molecule has 0 saturated carbocycles. The van der Waals surface area contributed by atoms with Crippen molar-refractivity contribution in [2.45, 2.75) is 18.9 Å². The van der Waals surface area contributed by atoms with Crippen LogP contribution in [0.5, 0.6) is 0 Å². The summed E-state index contributed by atoms with van der Waals surface area (Å²) in [5.41, 5.74) is 1.58. The quantitative estimate of drug-likeness (QED) is 0.861. The maximum absolute atomic E-state index is 12.0. The fourth-order valence-electron chi connectivity index (χ4n) is 2.65. The zero-order valence-corrected chi connectivity index (χ0v) is 11.8. The van der Waals surface area contributed by atoms with Crippen LogP contribution in [0.3, 0.4) is 0 Å². The molecule has 6 heteroatoms. The van der Waals surface area contributed by atoms with E-state index in [-0.39, 0.29) is 24.5 Å². The van der Waals surface area contributed by atoms with E-state index < -0.39 is 0 Å². The average Bonchev–Trinajstić information content (AvgIpc) is 3.03. The Hall–Kier alpha value is -1.92. The van der Waals surface area contributed by atoms with Gasteiger partial charge in [-0.15, -0.1) is 0 Å². The molecule has 2 fully saturated rings. The third-order valence-electron chi connectivity index (χ3n) is 3.81. The largest absolute Gasteiger partial charge is 0.370 e. The van der Waals surface area contributed by atoms with Gasteiger partial charge in [-0.1, -0.05) is 0 Å². The molecule has 3 rings (SSSR count). The van der Waals surface area contributed by atoms with Crippen LogP contribution in [0.1, 0.15) is 12.8 Å². The molecule has 2 saturated heterocycles. The summed E-state index contributed by atoms with van der Waals surface area (Å²) in [6, 6.07) is 7.25. The molecule has 1 atom stereocenters. The number of anilines is 2. The number of benzene rings is 1. The highest BCUT2D eigenvalue weighted by atomic mass is 16.5. The second kappa shape index (κ2) is 6.24. The molecule has 0 aromatic heterocycles. The normalized spacial score (nSPS) is 22.4. The minimum absolute atomic E-state index is 0.00250. The van der Waals surface area contributed by atoms with Gasteiger partial charge in [-0.2, -0.15) is 0 Å². The first kappa shape index (κ1) is 14.0. The molecule has 2 N–H and O–H groups in total. The Morgan fingerprint density at radius 2 is 2.14 bits per heavy atom. The Morgan fingerprint density at radius 1 is 1.33 bits per heavy atom. The SMILES string of the molecule is O=C(Nc1ccc(N2CCOCC2=O)cc1)C1CCCN1. The van der Waals surface area contributed by atoms with Crippen LogP contribution in [0, 0.1) is 0 Å². The Balaban J connectivity index is 1.63. The van der Waals surface area contributed by atoms with E-state index in [1.165, 1.54) is 0 Å². The molecule has 2 amide bonds. The third kappa shape index (κ3) is 3.22. The highest BCUT2D eigenvalue weighted by molar-refractivity contribution is 5.97. The van der Waals surface area contributed by atoms with Crippen molar-refractivity contribution in [1.29, 1.82) is 0 Å². The van der Waals surface area contributed by atoms with E-state index in [1.54, 1.807) is 4.90 Å². The predicted molar refractivity (Wildman–Crippen MR) is 79.3 cm³/mol. The first-order valence-corrected chi connectivity index (χ1v) is 7.26. The molecule has 1 aromatic rings. The number of carbonyl (C=O) groups excluding carboxylic acids is 2. The van der Waals surface area contributed by atoms with E-state index in [0.29, 0.717) is 13.2 Å². The smallest absolute Gasteiger partial charge is 0.253 e. The minimum atomic E-state index is -0.0921. The van der Waals surface area contributed by atoms with Gasteiger partial charge in [-0.3, -0.25) is 9.59 Å². The number of ether oxygens (including phenoxy) is 1. The number of rotatable bonds is 3. The minimum Gasteiger partial charge on any atom is -0.370 e. The number of hydrogen-bond acceptors (Lipinski definition) is 4. The van der Waals surface area contributed by atoms with Gasteiger partial charge in [0.05, 0.1) is 12.6 Å². The van der Waals surface area contributed by atoms with E-state index in [9.17, 15) is 9.59 Å². The van der Waals surface area contributed by atoms with Crippen molar-refractivity contribution >= 4 is 23.2 Å². The van der Waals surface area contributed by atoms with Crippen LogP contribution in [0.15, 0.2) is 24.3 Å². The maximum atomic E-state index is 12.0. The first-order valence-electron chi connectivity index (χ1n) is 7.26. The molecular formula is C15H19N3O3. The van der Waals surface area contributed by atoms with Crippen LogP contribution < -0.4 is 15.5 Å². The van der Waals surface area contributed by atoms with Crippen LogP contribution in [0.4, 0.5) is 11.4 Å². The van der Waals surface area contributed by atoms with E-state index in [0.717, 1.165) is 30.8 Å². The Kier molecular flexibility index (Phi) is 4.17. The van der Waals surface area contributed by atoms with Crippen LogP contribution >= 0.6 is 0 Å². The average molecular weight is 289 g/mol. The topological polar surface area (TPSA) is 70.7 Å². The van der Waals surface area contributed by atoms with Crippen LogP contribution in [-0.2, 0) is 14.3 Å². The lowest BCUT2D eigenvalue weighted by atomic mass is 10.2. The molecule has 2 aliphatic rings. The lowest BCUT2D eigenvalue weighted by Gasteiger charge is -2.27. The lowest BCUT2D eigenvalue weighted by molar-refractivity contribution is -0.125. The zero-order chi connectivity index (χ0) is 14.7. The van der Waals surface area contributed by atoms with Crippen molar-refractivity contribution in [3.05, 3.63) is 24.3 Å². The van der Waals surface area contributed by atoms with Gasteiger partial charge in [0.1, 0.15) is 6.61 Å². The van der Waals surface area contributed by atoms with E-state index >= 15 is 0 Å².